The minimum atomic E-state index is -1.17. The number of hydrogen-bond acceptors (Lipinski definition) is 4. The van der Waals surface area contributed by atoms with Gasteiger partial charge >= 0.3 is 12.0 Å². The van der Waals surface area contributed by atoms with E-state index in [4.69, 9.17) is 10.8 Å². The van der Waals surface area contributed by atoms with Crippen molar-refractivity contribution in [3.8, 4) is 0 Å². The molecule has 8 heteroatoms. The summed E-state index contributed by atoms with van der Waals surface area (Å²) in [4.78, 5) is 38.8. The molecule has 0 spiro atoms. The highest BCUT2D eigenvalue weighted by molar-refractivity contribution is 5.86. The zero-order chi connectivity index (χ0) is 15.3. The van der Waals surface area contributed by atoms with Gasteiger partial charge in [-0.1, -0.05) is 6.92 Å². The Morgan fingerprint density at radius 3 is 2.45 bits per heavy atom. The number of carboxylic acid groups (broad SMARTS) is 1. The van der Waals surface area contributed by atoms with Gasteiger partial charge in [-0.2, -0.15) is 0 Å². The number of rotatable bonds is 5. The second-order valence-corrected chi connectivity index (χ2v) is 4.99. The summed E-state index contributed by atoms with van der Waals surface area (Å²) in [5, 5.41) is 8.81. The Balaban J connectivity index is 2.73. The molecule has 20 heavy (non-hydrogen) atoms. The molecule has 1 saturated heterocycles. The molecule has 1 rings (SSSR count). The van der Waals surface area contributed by atoms with Crippen molar-refractivity contribution in [1.82, 2.24) is 14.7 Å². The first-order valence-electron chi connectivity index (χ1n) is 6.59. The number of hydrogen-bond donors (Lipinski definition) is 2. The highest BCUT2D eigenvalue weighted by Gasteiger charge is 2.30. The Hall–Kier alpha value is -1.83. The van der Waals surface area contributed by atoms with Gasteiger partial charge in [0.2, 0.25) is 5.91 Å². The molecule has 0 aromatic carbocycles. The number of primary amides is 1. The standard InChI is InChI=1S/C12H22N4O4/c1-3-9-6-15(5-4-14(9)2)12(20)16(7-10(13)17)8-11(18)19/h9H,3-8H2,1-2H3,(H2,13,17)(H,18,19). The van der Waals surface area contributed by atoms with Crippen LogP contribution < -0.4 is 5.73 Å². The Morgan fingerprint density at radius 2 is 1.95 bits per heavy atom. The van der Waals surface area contributed by atoms with Crippen LogP contribution in [0, 0.1) is 0 Å². The maximum Gasteiger partial charge on any atom is 0.323 e. The SMILES string of the molecule is CCC1CN(C(=O)N(CC(N)=O)CC(=O)O)CCN1C. The maximum atomic E-state index is 12.3. The summed E-state index contributed by atoms with van der Waals surface area (Å²) in [6.45, 7) is 2.90. The number of aliphatic carboxylic acids is 1. The van der Waals surface area contributed by atoms with E-state index in [1.807, 2.05) is 14.0 Å². The molecule has 1 fully saturated rings. The smallest absolute Gasteiger partial charge is 0.323 e. The molecule has 1 aliphatic heterocycles. The molecule has 3 N–H and O–H groups in total. The molecule has 1 aliphatic rings. The zero-order valence-corrected chi connectivity index (χ0v) is 11.9. The first kappa shape index (κ1) is 16.2. The van der Waals surface area contributed by atoms with Crippen LogP contribution in [0.2, 0.25) is 0 Å². The molecule has 1 unspecified atom stereocenters. The van der Waals surface area contributed by atoms with Crippen LogP contribution in [0.15, 0.2) is 0 Å². The molecular formula is C12H22N4O4. The number of carboxylic acids is 1. The summed E-state index contributed by atoms with van der Waals surface area (Å²) >= 11 is 0. The average molecular weight is 286 g/mol. The molecule has 0 aliphatic carbocycles. The van der Waals surface area contributed by atoms with Gasteiger partial charge in [-0.25, -0.2) is 4.79 Å². The Morgan fingerprint density at radius 1 is 1.30 bits per heavy atom. The molecule has 3 amide bonds. The summed E-state index contributed by atoms with van der Waals surface area (Å²) < 4.78 is 0. The van der Waals surface area contributed by atoms with E-state index >= 15 is 0 Å². The second-order valence-electron chi connectivity index (χ2n) is 4.99. The van der Waals surface area contributed by atoms with Crippen molar-refractivity contribution in [1.29, 1.82) is 0 Å². The third-order valence-corrected chi connectivity index (χ3v) is 3.46. The summed E-state index contributed by atoms with van der Waals surface area (Å²) in [5.74, 6) is -1.89. The normalized spacial score (nSPS) is 19.7. The summed E-state index contributed by atoms with van der Waals surface area (Å²) in [5.41, 5.74) is 5.06. The third-order valence-electron chi connectivity index (χ3n) is 3.46. The first-order chi connectivity index (χ1) is 9.35. The van der Waals surface area contributed by atoms with Crippen molar-refractivity contribution < 1.29 is 19.5 Å². The van der Waals surface area contributed by atoms with E-state index in [1.165, 1.54) is 0 Å². The summed E-state index contributed by atoms with van der Waals surface area (Å²) in [6, 6.07) is -0.203. The molecule has 0 radical (unpaired) electrons. The third kappa shape index (κ3) is 4.37. The molecular weight excluding hydrogens is 264 g/mol. The largest absolute Gasteiger partial charge is 0.480 e. The van der Waals surface area contributed by atoms with Crippen LogP contribution in [0.1, 0.15) is 13.3 Å². The van der Waals surface area contributed by atoms with E-state index in [0.29, 0.717) is 13.1 Å². The molecule has 1 heterocycles. The van der Waals surface area contributed by atoms with Gasteiger partial charge in [0, 0.05) is 25.7 Å². The van der Waals surface area contributed by atoms with Crippen LogP contribution in [0.5, 0.6) is 0 Å². The van der Waals surface area contributed by atoms with E-state index in [-0.39, 0.29) is 12.6 Å². The minimum Gasteiger partial charge on any atom is -0.480 e. The number of urea groups is 1. The lowest BCUT2D eigenvalue weighted by molar-refractivity contribution is -0.138. The molecule has 0 aromatic heterocycles. The van der Waals surface area contributed by atoms with Crippen molar-refractivity contribution in [3.63, 3.8) is 0 Å². The minimum absolute atomic E-state index is 0.243. The number of piperazine rings is 1. The Labute approximate surface area is 118 Å². The van der Waals surface area contributed by atoms with Gasteiger partial charge in [0.25, 0.3) is 0 Å². The number of nitrogens with zero attached hydrogens (tertiary/aromatic N) is 3. The van der Waals surface area contributed by atoms with Crippen molar-refractivity contribution in [3.05, 3.63) is 0 Å². The maximum absolute atomic E-state index is 12.3. The molecule has 0 saturated carbocycles. The van der Waals surface area contributed by atoms with Gasteiger partial charge < -0.3 is 20.6 Å². The number of carbonyl (C=O) groups is 3. The van der Waals surface area contributed by atoms with Crippen LogP contribution >= 0.6 is 0 Å². The number of nitrogens with two attached hydrogens (primary N) is 1. The number of likely N-dealkylation sites (N-methyl/N-ethyl adjacent to an activating group) is 1. The van der Waals surface area contributed by atoms with Crippen LogP contribution in [-0.4, -0.2) is 83.5 Å². The van der Waals surface area contributed by atoms with E-state index in [9.17, 15) is 14.4 Å². The quantitative estimate of drug-likeness (QED) is 0.674. The zero-order valence-electron chi connectivity index (χ0n) is 11.9. The topological polar surface area (TPSA) is 107 Å². The average Bonchev–Trinajstić information content (AvgIpc) is 2.36. The van der Waals surface area contributed by atoms with Gasteiger partial charge in [0.1, 0.15) is 13.1 Å². The number of amides is 3. The Bertz CT molecular complexity index is 372. The highest BCUT2D eigenvalue weighted by atomic mass is 16.4. The monoisotopic (exact) mass is 286 g/mol. The fraction of sp³-hybridized carbons (Fsp3) is 0.750. The lowest BCUT2D eigenvalue weighted by Gasteiger charge is -2.40. The van der Waals surface area contributed by atoms with E-state index in [0.717, 1.165) is 17.9 Å². The molecule has 114 valence electrons. The highest BCUT2D eigenvalue weighted by Crippen LogP contribution is 2.12. The fourth-order valence-electron chi connectivity index (χ4n) is 2.30. The molecule has 1 atom stereocenters. The fourth-order valence-corrected chi connectivity index (χ4v) is 2.30. The van der Waals surface area contributed by atoms with Gasteiger partial charge in [-0.15, -0.1) is 0 Å². The Kier molecular flexibility index (Phi) is 5.75. The first-order valence-corrected chi connectivity index (χ1v) is 6.59. The second kappa shape index (κ2) is 7.09. The molecule has 0 aromatic rings. The predicted octanol–water partition coefficient (Wildman–Crippen LogP) is -0.996. The summed E-state index contributed by atoms with van der Waals surface area (Å²) in [7, 11) is 1.99. The van der Waals surface area contributed by atoms with Crippen LogP contribution in [-0.2, 0) is 9.59 Å². The van der Waals surface area contributed by atoms with Gasteiger partial charge in [0.05, 0.1) is 0 Å². The van der Waals surface area contributed by atoms with Crippen LogP contribution in [0.3, 0.4) is 0 Å². The van der Waals surface area contributed by atoms with Crippen molar-refractivity contribution in [2.45, 2.75) is 19.4 Å². The summed E-state index contributed by atoms with van der Waals surface area (Å²) in [6.07, 6.45) is 0.898. The molecule has 0 bridgehead atoms. The van der Waals surface area contributed by atoms with Crippen LogP contribution in [0.4, 0.5) is 4.79 Å². The van der Waals surface area contributed by atoms with Gasteiger partial charge in [-0.05, 0) is 13.5 Å². The number of carbonyl (C=O) groups excluding carboxylic acids is 2. The molecule has 8 nitrogen and oxygen atoms in total. The van der Waals surface area contributed by atoms with Crippen molar-refractivity contribution >= 4 is 17.9 Å². The lowest BCUT2D eigenvalue weighted by Crippen LogP contribution is -2.57. The van der Waals surface area contributed by atoms with Gasteiger partial charge in [0.15, 0.2) is 0 Å². The van der Waals surface area contributed by atoms with E-state index < -0.39 is 24.5 Å². The van der Waals surface area contributed by atoms with Crippen molar-refractivity contribution in [2.24, 2.45) is 5.73 Å². The lowest BCUT2D eigenvalue weighted by atomic mass is 10.1. The van der Waals surface area contributed by atoms with Gasteiger partial charge in [-0.3, -0.25) is 14.5 Å². The van der Waals surface area contributed by atoms with Crippen LogP contribution in [0.25, 0.3) is 0 Å². The predicted molar refractivity (Wildman–Crippen MR) is 72.1 cm³/mol. The van der Waals surface area contributed by atoms with Crippen molar-refractivity contribution in [2.75, 3.05) is 39.8 Å². The van der Waals surface area contributed by atoms with E-state index in [1.54, 1.807) is 4.90 Å². The van der Waals surface area contributed by atoms with E-state index in [2.05, 4.69) is 4.90 Å².